The van der Waals surface area contributed by atoms with Gasteiger partial charge in [0, 0.05) is 12.1 Å². The second-order valence-electron chi connectivity index (χ2n) is 2.73. The molecular formula is C8H5ClN4O2. The first kappa shape index (κ1) is 9.60. The Bertz CT molecular complexity index is 494. The minimum atomic E-state index is -0.460. The number of hydrogen-bond donors (Lipinski definition) is 0. The minimum Gasteiger partial charge on any atom is -0.258 e. The van der Waals surface area contributed by atoms with Gasteiger partial charge in [-0.25, -0.2) is 9.67 Å². The second-order valence-corrected chi connectivity index (χ2v) is 3.07. The Morgan fingerprint density at radius 3 is 2.47 bits per heavy atom. The van der Waals surface area contributed by atoms with Crippen LogP contribution in [0, 0.1) is 10.1 Å². The van der Waals surface area contributed by atoms with Gasteiger partial charge in [0.15, 0.2) is 0 Å². The molecule has 1 aromatic carbocycles. The van der Waals surface area contributed by atoms with Gasteiger partial charge in [-0.3, -0.25) is 10.1 Å². The molecule has 0 aliphatic carbocycles. The van der Waals surface area contributed by atoms with Crippen LogP contribution in [-0.4, -0.2) is 19.7 Å². The summed E-state index contributed by atoms with van der Waals surface area (Å²) in [6.45, 7) is 0. The van der Waals surface area contributed by atoms with Crippen LogP contribution in [-0.2, 0) is 0 Å². The Morgan fingerprint density at radius 2 is 2.00 bits per heavy atom. The molecule has 0 aliphatic heterocycles. The van der Waals surface area contributed by atoms with Gasteiger partial charge >= 0.3 is 0 Å². The van der Waals surface area contributed by atoms with Gasteiger partial charge in [-0.05, 0) is 23.7 Å². The first-order valence-corrected chi connectivity index (χ1v) is 4.36. The molecule has 2 rings (SSSR count). The molecule has 0 aliphatic rings. The lowest BCUT2D eigenvalue weighted by molar-refractivity contribution is -0.384. The Labute approximate surface area is 89.3 Å². The Hall–Kier alpha value is -1.95. The summed E-state index contributed by atoms with van der Waals surface area (Å²) in [6.07, 6.45) is 1.43. The number of halogens is 1. The Morgan fingerprint density at radius 1 is 1.33 bits per heavy atom. The molecule has 0 atom stereocenters. The van der Waals surface area contributed by atoms with Crippen molar-refractivity contribution >= 4 is 17.3 Å². The van der Waals surface area contributed by atoms with Gasteiger partial charge in [-0.15, -0.1) is 5.10 Å². The fraction of sp³-hybridized carbons (Fsp3) is 0. The molecule has 0 bridgehead atoms. The van der Waals surface area contributed by atoms with Crippen LogP contribution in [0.5, 0.6) is 0 Å². The van der Waals surface area contributed by atoms with E-state index in [0.29, 0.717) is 5.69 Å². The number of hydrogen-bond acceptors (Lipinski definition) is 4. The Kier molecular flexibility index (Phi) is 2.34. The molecule has 6 nitrogen and oxygen atoms in total. The van der Waals surface area contributed by atoms with Crippen molar-refractivity contribution in [3.63, 3.8) is 0 Å². The van der Waals surface area contributed by atoms with Crippen LogP contribution >= 0.6 is 11.6 Å². The molecule has 0 spiro atoms. The summed E-state index contributed by atoms with van der Waals surface area (Å²) in [5.74, 6) is 0. The second kappa shape index (κ2) is 3.66. The normalized spacial score (nSPS) is 10.2. The minimum absolute atomic E-state index is 0.0324. The van der Waals surface area contributed by atoms with Crippen LogP contribution in [0.3, 0.4) is 0 Å². The van der Waals surface area contributed by atoms with Crippen LogP contribution in [0.1, 0.15) is 0 Å². The van der Waals surface area contributed by atoms with E-state index < -0.39 is 4.92 Å². The third-order valence-electron chi connectivity index (χ3n) is 1.79. The van der Waals surface area contributed by atoms with E-state index in [9.17, 15) is 10.1 Å². The molecule has 7 heteroatoms. The maximum atomic E-state index is 10.4. The van der Waals surface area contributed by atoms with E-state index in [1.807, 2.05) is 0 Å². The van der Waals surface area contributed by atoms with Crippen molar-refractivity contribution in [1.29, 1.82) is 0 Å². The van der Waals surface area contributed by atoms with Crippen LogP contribution in [0.4, 0.5) is 5.69 Å². The quantitative estimate of drug-likeness (QED) is 0.576. The standard InChI is InChI=1S/C8H5ClN4O2/c9-8-10-5-12(11-8)6-1-3-7(4-2-6)13(14)15/h1-5H. The molecule has 0 amide bonds. The molecule has 0 N–H and O–H groups in total. The molecule has 1 aromatic heterocycles. The summed E-state index contributed by atoms with van der Waals surface area (Å²) >= 11 is 5.54. The lowest BCUT2D eigenvalue weighted by Crippen LogP contribution is -1.95. The van der Waals surface area contributed by atoms with Crippen molar-refractivity contribution < 1.29 is 4.92 Å². The molecule has 0 saturated carbocycles. The summed E-state index contributed by atoms with van der Waals surface area (Å²) < 4.78 is 1.44. The van der Waals surface area contributed by atoms with Crippen molar-refractivity contribution in [1.82, 2.24) is 14.8 Å². The summed E-state index contributed by atoms with van der Waals surface area (Å²) in [4.78, 5) is 13.7. The largest absolute Gasteiger partial charge is 0.269 e. The zero-order valence-electron chi connectivity index (χ0n) is 7.37. The monoisotopic (exact) mass is 224 g/mol. The number of rotatable bonds is 2. The van der Waals surface area contributed by atoms with E-state index in [1.165, 1.54) is 23.1 Å². The van der Waals surface area contributed by atoms with Crippen molar-refractivity contribution in [2.24, 2.45) is 0 Å². The van der Waals surface area contributed by atoms with Gasteiger partial charge < -0.3 is 0 Å². The molecule has 0 fully saturated rings. The van der Waals surface area contributed by atoms with E-state index in [1.54, 1.807) is 12.1 Å². The number of nitrogens with zero attached hydrogens (tertiary/aromatic N) is 4. The summed E-state index contributed by atoms with van der Waals surface area (Å²) in [5.41, 5.74) is 0.699. The van der Waals surface area contributed by atoms with Crippen LogP contribution in [0.15, 0.2) is 30.6 Å². The maximum Gasteiger partial charge on any atom is 0.269 e. The topological polar surface area (TPSA) is 73.8 Å². The molecular weight excluding hydrogens is 220 g/mol. The number of nitro groups is 1. The summed E-state index contributed by atoms with van der Waals surface area (Å²) in [6, 6.07) is 5.93. The van der Waals surface area contributed by atoms with Crippen LogP contribution in [0.2, 0.25) is 5.28 Å². The number of aromatic nitrogens is 3. The van der Waals surface area contributed by atoms with Crippen molar-refractivity contribution in [2.45, 2.75) is 0 Å². The molecule has 1 heterocycles. The highest BCUT2D eigenvalue weighted by atomic mass is 35.5. The fourth-order valence-electron chi connectivity index (χ4n) is 1.09. The maximum absolute atomic E-state index is 10.4. The first-order valence-electron chi connectivity index (χ1n) is 3.99. The first-order chi connectivity index (χ1) is 7.16. The lowest BCUT2D eigenvalue weighted by Gasteiger charge is -1.98. The lowest BCUT2D eigenvalue weighted by atomic mass is 10.3. The zero-order valence-corrected chi connectivity index (χ0v) is 8.13. The Balaban J connectivity index is 2.35. The van der Waals surface area contributed by atoms with Crippen LogP contribution in [0.25, 0.3) is 5.69 Å². The van der Waals surface area contributed by atoms with Gasteiger partial charge in [0.05, 0.1) is 10.6 Å². The van der Waals surface area contributed by atoms with E-state index in [0.717, 1.165) is 0 Å². The summed E-state index contributed by atoms with van der Waals surface area (Å²) in [7, 11) is 0. The van der Waals surface area contributed by atoms with E-state index in [2.05, 4.69) is 10.1 Å². The summed E-state index contributed by atoms with van der Waals surface area (Å²) in [5, 5.41) is 14.4. The average Bonchev–Trinajstić information content (AvgIpc) is 2.65. The van der Waals surface area contributed by atoms with Gasteiger partial charge in [0.2, 0.25) is 5.28 Å². The molecule has 15 heavy (non-hydrogen) atoms. The van der Waals surface area contributed by atoms with Gasteiger partial charge in [0.1, 0.15) is 6.33 Å². The highest BCUT2D eigenvalue weighted by Crippen LogP contribution is 2.14. The predicted molar refractivity (Wildman–Crippen MR) is 53.0 cm³/mol. The van der Waals surface area contributed by atoms with E-state index >= 15 is 0 Å². The third kappa shape index (κ3) is 1.94. The average molecular weight is 225 g/mol. The van der Waals surface area contributed by atoms with E-state index in [4.69, 9.17) is 11.6 Å². The predicted octanol–water partition coefficient (Wildman–Crippen LogP) is 1.83. The molecule has 0 radical (unpaired) electrons. The molecule has 0 unspecified atom stereocenters. The van der Waals surface area contributed by atoms with Gasteiger partial charge in [0.25, 0.3) is 5.69 Å². The third-order valence-corrected chi connectivity index (χ3v) is 1.96. The van der Waals surface area contributed by atoms with E-state index in [-0.39, 0.29) is 11.0 Å². The van der Waals surface area contributed by atoms with Crippen molar-refractivity contribution in [2.75, 3.05) is 0 Å². The van der Waals surface area contributed by atoms with Gasteiger partial charge in [-0.2, -0.15) is 0 Å². The number of benzene rings is 1. The van der Waals surface area contributed by atoms with Gasteiger partial charge in [-0.1, -0.05) is 0 Å². The fourth-order valence-corrected chi connectivity index (χ4v) is 1.22. The number of non-ortho nitro benzene ring substituents is 1. The zero-order chi connectivity index (χ0) is 10.8. The van der Waals surface area contributed by atoms with Crippen molar-refractivity contribution in [3.8, 4) is 5.69 Å². The number of nitro benzene ring substituents is 1. The molecule has 2 aromatic rings. The van der Waals surface area contributed by atoms with Crippen molar-refractivity contribution in [3.05, 3.63) is 46.0 Å². The smallest absolute Gasteiger partial charge is 0.258 e. The highest BCUT2D eigenvalue weighted by molar-refractivity contribution is 6.28. The molecule has 76 valence electrons. The SMILES string of the molecule is O=[N+]([O-])c1ccc(-n2cnc(Cl)n2)cc1. The molecule has 0 saturated heterocycles. The van der Waals surface area contributed by atoms with Crippen LogP contribution < -0.4 is 0 Å². The highest BCUT2D eigenvalue weighted by Gasteiger charge is 2.05.